The molecule has 0 heterocycles. The van der Waals surface area contributed by atoms with Crippen molar-refractivity contribution in [2.24, 2.45) is 0 Å². The predicted molar refractivity (Wildman–Crippen MR) is 52.7 cm³/mol. The first-order valence-corrected chi connectivity index (χ1v) is 4.12. The van der Waals surface area contributed by atoms with E-state index >= 15 is 0 Å². The molecule has 0 unspecified atom stereocenters. The van der Waals surface area contributed by atoms with E-state index in [0.717, 1.165) is 0 Å². The Balaban J connectivity index is 3.04. The highest BCUT2D eigenvalue weighted by Gasteiger charge is 2.10. The Kier molecular flexibility index (Phi) is 3.38. The number of hydrogen-bond donors (Lipinski definition) is 1. The molecule has 1 N–H and O–H groups in total. The van der Waals surface area contributed by atoms with E-state index in [1.807, 2.05) is 0 Å². The van der Waals surface area contributed by atoms with Gasteiger partial charge >= 0.3 is 5.97 Å². The van der Waals surface area contributed by atoms with E-state index in [2.05, 4.69) is 5.92 Å². The summed E-state index contributed by atoms with van der Waals surface area (Å²) in [5.41, 5.74) is 0.0460. The summed E-state index contributed by atoms with van der Waals surface area (Å²) in [6.07, 6.45) is 4.99. The fourth-order valence-electron chi connectivity index (χ4n) is 0.912. The lowest BCUT2D eigenvalue weighted by Crippen LogP contribution is -2.03. The SMILES string of the molecule is C#CCOc1cc(Cl)ccc1C(=O)O. The van der Waals surface area contributed by atoms with Crippen LogP contribution in [0, 0.1) is 12.3 Å². The van der Waals surface area contributed by atoms with Crippen LogP contribution in [0.5, 0.6) is 5.75 Å². The molecule has 72 valence electrons. The fourth-order valence-corrected chi connectivity index (χ4v) is 1.07. The molecule has 0 spiro atoms. The van der Waals surface area contributed by atoms with Crippen LogP contribution in [0.15, 0.2) is 18.2 Å². The van der Waals surface area contributed by atoms with Gasteiger partial charge in [0, 0.05) is 5.02 Å². The van der Waals surface area contributed by atoms with Crippen LogP contribution in [0.4, 0.5) is 0 Å². The summed E-state index contributed by atoms with van der Waals surface area (Å²) >= 11 is 5.68. The molecule has 1 aromatic carbocycles. The maximum absolute atomic E-state index is 10.7. The van der Waals surface area contributed by atoms with Crippen molar-refractivity contribution in [2.75, 3.05) is 6.61 Å². The fraction of sp³-hybridized carbons (Fsp3) is 0.100. The number of benzene rings is 1. The lowest BCUT2D eigenvalue weighted by molar-refractivity contribution is 0.0693. The molecule has 4 heteroatoms. The van der Waals surface area contributed by atoms with Crippen molar-refractivity contribution in [3.05, 3.63) is 28.8 Å². The maximum Gasteiger partial charge on any atom is 0.339 e. The van der Waals surface area contributed by atoms with Crippen molar-refractivity contribution in [1.82, 2.24) is 0 Å². The zero-order chi connectivity index (χ0) is 10.6. The minimum atomic E-state index is -1.08. The number of carboxylic acid groups (broad SMARTS) is 1. The van der Waals surface area contributed by atoms with Gasteiger partial charge in [-0.25, -0.2) is 4.79 Å². The number of halogens is 1. The second-order valence-corrected chi connectivity index (χ2v) is 2.87. The molecular weight excluding hydrogens is 204 g/mol. The summed E-state index contributed by atoms with van der Waals surface area (Å²) in [5, 5.41) is 9.19. The predicted octanol–water partition coefficient (Wildman–Crippen LogP) is 2.05. The van der Waals surface area contributed by atoms with E-state index in [-0.39, 0.29) is 17.9 Å². The molecule has 1 aromatic rings. The molecule has 0 aromatic heterocycles. The monoisotopic (exact) mass is 210 g/mol. The number of ether oxygens (including phenoxy) is 1. The molecule has 0 radical (unpaired) electrons. The van der Waals surface area contributed by atoms with Gasteiger partial charge in [-0.1, -0.05) is 17.5 Å². The van der Waals surface area contributed by atoms with Gasteiger partial charge in [-0.3, -0.25) is 0 Å². The van der Waals surface area contributed by atoms with Crippen molar-refractivity contribution >= 4 is 17.6 Å². The third-order valence-corrected chi connectivity index (χ3v) is 1.72. The van der Waals surface area contributed by atoms with Gasteiger partial charge in [0.1, 0.15) is 17.9 Å². The van der Waals surface area contributed by atoms with Crippen LogP contribution in [-0.2, 0) is 0 Å². The molecule has 0 amide bonds. The minimum absolute atomic E-state index is 0.0145. The molecular formula is C10H7ClO3. The van der Waals surface area contributed by atoms with Gasteiger partial charge < -0.3 is 9.84 Å². The lowest BCUT2D eigenvalue weighted by atomic mass is 10.2. The minimum Gasteiger partial charge on any atom is -0.480 e. The molecule has 0 aliphatic heterocycles. The van der Waals surface area contributed by atoms with Crippen LogP contribution in [0.1, 0.15) is 10.4 Å². The van der Waals surface area contributed by atoms with Gasteiger partial charge in [-0.2, -0.15) is 0 Å². The molecule has 0 fully saturated rings. The van der Waals surface area contributed by atoms with Gasteiger partial charge in [-0.15, -0.1) is 6.42 Å². The van der Waals surface area contributed by atoms with Crippen molar-refractivity contribution in [3.8, 4) is 18.1 Å². The highest BCUT2D eigenvalue weighted by atomic mass is 35.5. The van der Waals surface area contributed by atoms with Gasteiger partial charge in [0.2, 0.25) is 0 Å². The molecule has 1 rings (SSSR count). The normalized spacial score (nSPS) is 9.14. The van der Waals surface area contributed by atoms with E-state index in [1.54, 1.807) is 0 Å². The number of carboxylic acids is 1. The first-order valence-electron chi connectivity index (χ1n) is 3.74. The molecule has 0 atom stereocenters. The van der Waals surface area contributed by atoms with E-state index in [4.69, 9.17) is 27.9 Å². The first kappa shape index (κ1) is 10.4. The summed E-state index contributed by atoms with van der Waals surface area (Å²) in [6, 6.07) is 4.27. The second kappa shape index (κ2) is 4.54. The van der Waals surface area contributed by atoms with Crippen molar-refractivity contribution in [1.29, 1.82) is 0 Å². The van der Waals surface area contributed by atoms with Crippen molar-refractivity contribution in [3.63, 3.8) is 0 Å². The summed E-state index contributed by atoms with van der Waals surface area (Å²) in [5.74, 6) is 1.35. The molecule has 0 aliphatic carbocycles. The molecule has 0 aliphatic rings. The molecule has 0 bridgehead atoms. The molecule has 3 nitrogen and oxygen atoms in total. The molecule has 0 saturated heterocycles. The first-order chi connectivity index (χ1) is 6.65. The lowest BCUT2D eigenvalue weighted by Gasteiger charge is -2.06. The number of hydrogen-bond acceptors (Lipinski definition) is 2. The van der Waals surface area contributed by atoms with Crippen LogP contribution in [-0.4, -0.2) is 17.7 Å². The van der Waals surface area contributed by atoms with E-state index in [9.17, 15) is 4.79 Å². The smallest absolute Gasteiger partial charge is 0.339 e. The van der Waals surface area contributed by atoms with Crippen LogP contribution >= 0.6 is 11.6 Å². The number of carbonyl (C=O) groups is 1. The van der Waals surface area contributed by atoms with Crippen molar-refractivity contribution < 1.29 is 14.6 Å². The zero-order valence-electron chi connectivity index (χ0n) is 7.16. The highest BCUT2D eigenvalue weighted by Crippen LogP contribution is 2.23. The summed E-state index contributed by atoms with van der Waals surface area (Å²) in [4.78, 5) is 10.7. The average Bonchev–Trinajstić information content (AvgIpc) is 2.14. The second-order valence-electron chi connectivity index (χ2n) is 2.44. The Morgan fingerprint density at radius 2 is 2.36 bits per heavy atom. The quantitative estimate of drug-likeness (QED) is 0.777. The third kappa shape index (κ3) is 2.41. The standard InChI is InChI=1S/C10H7ClO3/c1-2-5-14-9-6-7(11)3-4-8(9)10(12)13/h1,3-4,6H,5H2,(H,12,13). The van der Waals surface area contributed by atoms with E-state index in [0.29, 0.717) is 5.02 Å². The van der Waals surface area contributed by atoms with Crippen LogP contribution < -0.4 is 4.74 Å². The number of rotatable bonds is 3. The Labute approximate surface area is 86.3 Å². The Morgan fingerprint density at radius 1 is 1.64 bits per heavy atom. The van der Waals surface area contributed by atoms with Gasteiger partial charge in [-0.05, 0) is 18.2 Å². The number of terminal acetylenes is 1. The largest absolute Gasteiger partial charge is 0.480 e. The Bertz CT molecular complexity index is 393. The Morgan fingerprint density at radius 3 is 2.93 bits per heavy atom. The van der Waals surface area contributed by atoms with Crippen LogP contribution in [0.3, 0.4) is 0 Å². The van der Waals surface area contributed by atoms with Gasteiger partial charge in [0.15, 0.2) is 0 Å². The zero-order valence-corrected chi connectivity index (χ0v) is 7.91. The van der Waals surface area contributed by atoms with Crippen LogP contribution in [0.2, 0.25) is 5.02 Å². The topological polar surface area (TPSA) is 46.5 Å². The highest BCUT2D eigenvalue weighted by molar-refractivity contribution is 6.30. The number of aromatic carboxylic acids is 1. The Hall–Kier alpha value is -1.66. The van der Waals surface area contributed by atoms with Crippen LogP contribution in [0.25, 0.3) is 0 Å². The van der Waals surface area contributed by atoms with Gasteiger partial charge in [0.25, 0.3) is 0 Å². The average molecular weight is 211 g/mol. The van der Waals surface area contributed by atoms with Crippen molar-refractivity contribution in [2.45, 2.75) is 0 Å². The maximum atomic E-state index is 10.7. The van der Waals surface area contributed by atoms with E-state index in [1.165, 1.54) is 18.2 Å². The van der Waals surface area contributed by atoms with E-state index < -0.39 is 5.97 Å². The molecule has 0 saturated carbocycles. The summed E-state index contributed by atoms with van der Waals surface area (Å²) < 4.78 is 5.03. The summed E-state index contributed by atoms with van der Waals surface area (Å²) in [7, 11) is 0. The van der Waals surface area contributed by atoms with Gasteiger partial charge in [0.05, 0.1) is 0 Å². The third-order valence-electron chi connectivity index (χ3n) is 1.49. The molecule has 14 heavy (non-hydrogen) atoms. The summed E-state index contributed by atoms with van der Waals surface area (Å²) in [6.45, 7) is 0.0145.